The zero-order valence-electron chi connectivity index (χ0n) is 17.4. The molecule has 2 saturated heterocycles. The second kappa shape index (κ2) is 8.30. The third-order valence-corrected chi connectivity index (χ3v) is 6.71. The van der Waals surface area contributed by atoms with E-state index in [1.165, 1.54) is 11.0 Å². The molecular weight excluding hydrogens is 445 g/mol. The predicted octanol–water partition coefficient (Wildman–Crippen LogP) is 3.82. The quantitative estimate of drug-likeness (QED) is 0.700. The first kappa shape index (κ1) is 23.0. The van der Waals surface area contributed by atoms with Crippen LogP contribution in [-0.2, 0) is 6.18 Å². The summed E-state index contributed by atoms with van der Waals surface area (Å²) < 4.78 is 68.4. The van der Waals surface area contributed by atoms with Gasteiger partial charge in [-0.25, -0.2) is 8.78 Å². The smallest absolute Gasteiger partial charge is 0.396 e. The van der Waals surface area contributed by atoms with Gasteiger partial charge in [-0.3, -0.25) is 4.79 Å². The number of nitrogens with zero attached hydrogens (tertiary/aromatic N) is 3. The molecule has 0 saturated carbocycles. The van der Waals surface area contributed by atoms with Gasteiger partial charge in [-0.2, -0.15) is 18.4 Å². The van der Waals surface area contributed by atoms with Crippen LogP contribution in [0.15, 0.2) is 36.4 Å². The topological polar surface area (TPSA) is 67.6 Å². The van der Waals surface area contributed by atoms with Crippen molar-refractivity contribution in [2.75, 3.05) is 37.7 Å². The van der Waals surface area contributed by atoms with E-state index in [2.05, 4.69) is 0 Å². The highest BCUT2D eigenvalue weighted by molar-refractivity contribution is 5.94. The van der Waals surface area contributed by atoms with Crippen LogP contribution in [0.1, 0.15) is 27.9 Å². The summed E-state index contributed by atoms with van der Waals surface area (Å²) >= 11 is 0. The van der Waals surface area contributed by atoms with Gasteiger partial charge >= 0.3 is 6.18 Å². The maximum Gasteiger partial charge on any atom is 0.417 e. The number of hydrogen-bond acceptors (Lipinski definition) is 4. The number of fused-ring (bicyclic) bond motifs is 1. The van der Waals surface area contributed by atoms with Crippen LogP contribution in [0.3, 0.4) is 0 Å². The number of rotatable bonds is 3. The molecule has 2 aliphatic heterocycles. The molecule has 2 fully saturated rings. The van der Waals surface area contributed by atoms with Gasteiger partial charge in [0, 0.05) is 43.2 Å². The Morgan fingerprint density at radius 1 is 1.18 bits per heavy atom. The third kappa shape index (κ3) is 4.02. The average molecular weight is 465 g/mol. The van der Waals surface area contributed by atoms with Crippen LogP contribution in [0.2, 0.25) is 0 Å². The molecule has 10 heteroatoms. The van der Waals surface area contributed by atoms with Crippen molar-refractivity contribution in [3.8, 4) is 6.07 Å². The number of carbonyl (C=O) groups excluding carboxylic acids is 1. The van der Waals surface area contributed by atoms with E-state index in [4.69, 9.17) is 5.26 Å². The number of anilines is 1. The van der Waals surface area contributed by atoms with E-state index < -0.39 is 45.8 Å². The van der Waals surface area contributed by atoms with E-state index >= 15 is 0 Å². The first-order chi connectivity index (χ1) is 15.6. The highest BCUT2D eigenvalue weighted by Crippen LogP contribution is 2.45. The Morgan fingerprint density at radius 2 is 1.88 bits per heavy atom. The van der Waals surface area contributed by atoms with Gasteiger partial charge in [-0.15, -0.1) is 0 Å². The van der Waals surface area contributed by atoms with E-state index in [0.29, 0.717) is 6.42 Å². The van der Waals surface area contributed by atoms with Crippen molar-refractivity contribution in [2.45, 2.75) is 12.6 Å². The van der Waals surface area contributed by atoms with Crippen molar-refractivity contribution in [1.82, 2.24) is 4.90 Å². The van der Waals surface area contributed by atoms with E-state index in [1.807, 2.05) is 0 Å². The van der Waals surface area contributed by atoms with Crippen LogP contribution >= 0.6 is 0 Å². The highest BCUT2D eigenvalue weighted by atomic mass is 19.4. The van der Waals surface area contributed by atoms with Crippen LogP contribution in [0.25, 0.3) is 0 Å². The highest BCUT2D eigenvalue weighted by Gasteiger charge is 2.50. The molecule has 0 unspecified atom stereocenters. The van der Waals surface area contributed by atoms with Crippen molar-refractivity contribution in [3.05, 3.63) is 64.7 Å². The maximum atomic E-state index is 14.1. The Morgan fingerprint density at radius 3 is 2.48 bits per heavy atom. The van der Waals surface area contributed by atoms with Crippen molar-refractivity contribution >= 4 is 11.6 Å². The molecule has 33 heavy (non-hydrogen) atoms. The third-order valence-electron chi connectivity index (χ3n) is 6.71. The lowest BCUT2D eigenvalue weighted by molar-refractivity contribution is -0.137. The molecule has 2 atom stereocenters. The van der Waals surface area contributed by atoms with Gasteiger partial charge in [0.2, 0.25) is 0 Å². The zero-order valence-corrected chi connectivity index (χ0v) is 17.4. The Labute approximate surface area is 186 Å². The van der Waals surface area contributed by atoms with Gasteiger partial charge in [0.15, 0.2) is 0 Å². The monoisotopic (exact) mass is 465 g/mol. The molecule has 2 aromatic carbocycles. The van der Waals surface area contributed by atoms with Gasteiger partial charge in [-0.05, 0) is 36.8 Å². The van der Waals surface area contributed by atoms with Crippen molar-refractivity contribution in [1.29, 1.82) is 5.26 Å². The molecule has 0 aromatic heterocycles. The van der Waals surface area contributed by atoms with Gasteiger partial charge in [0.1, 0.15) is 17.2 Å². The number of amides is 1. The molecule has 4 rings (SSSR count). The normalized spacial score (nSPS) is 22.8. The molecule has 0 spiro atoms. The molecule has 174 valence electrons. The molecule has 1 amide bonds. The Bertz CT molecular complexity index is 1110. The fourth-order valence-corrected chi connectivity index (χ4v) is 4.84. The number of nitriles is 1. The molecule has 2 aromatic rings. The summed E-state index contributed by atoms with van der Waals surface area (Å²) in [4.78, 5) is 15.8. The van der Waals surface area contributed by atoms with E-state index in [-0.39, 0.29) is 44.4 Å². The van der Waals surface area contributed by atoms with Crippen LogP contribution in [-0.4, -0.2) is 48.7 Å². The number of aliphatic hydroxyl groups is 1. The summed E-state index contributed by atoms with van der Waals surface area (Å²) in [6.07, 6.45) is -4.37. The Kier molecular flexibility index (Phi) is 5.78. The number of likely N-dealkylation sites (tertiary alicyclic amines) is 1. The average Bonchev–Trinajstić information content (AvgIpc) is 3.17. The van der Waals surface area contributed by atoms with E-state index in [0.717, 1.165) is 30.3 Å². The molecule has 1 N–H and O–H groups in total. The summed E-state index contributed by atoms with van der Waals surface area (Å²) in [6, 6.07) is 8.16. The molecule has 2 heterocycles. The van der Waals surface area contributed by atoms with E-state index in [9.17, 15) is 31.9 Å². The zero-order chi connectivity index (χ0) is 24.0. The number of halogens is 5. The van der Waals surface area contributed by atoms with E-state index in [1.54, 1.807) is 11.0 Å². The minimum atomic E-state index is -4.70. The van der Waals surface area contributed by atoms with Crippen molar-refractivity contribution < 1.29 is 31.9 Å². The number of alkyl halides is 3. The number of benzene rings is 2. The molecular formula is C23H20F5N3O2. The number of hydrogen-bond donors (Lipinski definition) is 1. The standard InChI is InChI=1S/C23H20F5N3O2/c24-18-2-1-3-19(25)20(18)21(33)30-7-6-22(13-32)12-31(11-15(22)10-30)16-5-4-14(9-29)17(8-16)23(26,27)28/h1-5,8,15,32H,6-7,10-13H2/t15-,22+/m1/s1. The minimum Gasteiger partial charge on any atom is -0.396 e. The van der Waals surface area contributed by atoms with Crippen LogP contribution in [0.4, 0.5) is 27.6 Å². The second-order valence-electron chi connectivity index (χ2n) is 8.54. The summed E-state index contributed by atoms with van der Waals surface area (Å²) in [6.45, 7) is 0.512. The van der Waals surface area contributed by atoms with Gasteiger partial charge < -0.3 is 14.9 Å². The fourth-order valence-electron chi connectivity index (χ4n) is 4.84. The SMILES string of the molecule is N#Cc1ccc(N2C[C@H]3CN(C(=O)c4c(F)cccc4F)CC[C@@]3(CO)C2)cc1C(F)(F)F. The minimum absolute atomic E-state index is 0.103. The van der Waals surface area contributed by atoms with Crippen LogP contribution < -0.4 is 4.90 Å². The van der Waals surface area contributed by atoms with Gasteiger partial charge in [0.25, 0.3) is 5.91 Å². The van der Waals surface area contributed by atoms with Gasteiger partial charge in [-0.1, -0.05) is 6.07 Å². The fraction of sp³-hybridized carbons (Fsp3) is 0.391. The second-order valence-corrected chi connectivity index (χ2v) is 8.54. The first-order valence-electron chi connectivity index (χ1n) is 10.3. The number of carbonyl (C=O) groups is 1. The molecule has 0 bridgehead atoms. The van der Waals surface area contributed by atoms with Crippen LogP contribution in [0, 0.1) is 34.3 Å². The van der Waals surface area contributed by atoms with Gasteiger partial charge in [0.05, 0.1) is 23.8 Å². The van der Waals surface area contributed by atoms with Crippen molar-refractivity contribution in [2.24, 2.45) is 11.3 Å². The first-order valence-corrected chi connectivity index (χ1v) is 10.3. The largest absolute Gasteiger partial charge is 0.417 e. The lowest BCUT2D eigenvalue weighted by Gasteiger charge is -2.42. The Hall–Kier alpha value is -3.19. The lowest BCUT2D eigenvalue weighted by Crippen LogP contribution is -2.50. The summed E-state index contributed by atoms with van der Waals surface area (Å²) in [5, 5.41) is 19.2. The van der Waals surface area contributed by atoms with Crippen molar-refractivity contribution in [3.63, 3.8) is 0 Å². The lowest BCUT2D eigenvalue weighted by atomic mass is 9.73. The molecule has 0 radical (unpaired) electrons. The molecule has 0 aliphatic carbocycles. The molecule has 2 aliphatic rings. The Balaban J connectivity index is 1.59. The number of piperidine rings is 1. The predicted molar refractivity (Wildman–Crippen MR) is 108 cm³/mol. The maximum absolute atomic E-state index is 14.1. The van der Waals surface area contributed by atoms with Crippen LogP contribution in [0.5, 0.6) is 0 Å². The summed E-state index contributed by atoms with van der Waals surface area (Å²) in [5.74, 6) is -3.05. The molecule has 5 nitrogen and oxygen atoms in total. The summed E-state index contributed by atoms with van der Waals surface area (Å²) in [5.41, 5.74) is -2.59. The summed E-state index contributed by atoms with van der Waals surface area (Å²) in [7, 11) is 0. The number of aliphatic hydroxyl groups excluding tert-OH is 1.